The molecule has 21 heavy (non-hydrogen) atoms. The number of nitrogens with zero attached hydrogens (tertiary/aromatic N) is 1. The van der Waals surface area contributed by atoms with Crippen molar-refractivity contribution in [3.8, 4) is 0 Å². The van der Waals surface area contributed by atoms with Crippen LogP contribution < -0.4 is 5.56 Å². The molecule has 0 saturated carbocycles. The Balaban J connectivity index is 0.000000280. The molecule has 0 amide bonds. The van der Waals surface area contributed by atoms with Gasteiger partial charge in [-0.3, -0.25) is 4.79 Å². The maximum atomic E-state index is 10.2. The quantitative estimate of drug-likeness (QED) is 0.394. The van der Waals surface area contributed by atoms with Gasteiger partial charge in [-0.15, -0.1) is 0 Å². The van der Waals surface area contributed by atoms with Crippen molar-refractivity contribution in [2.75, 3.05) is 0 Å². The summed E-state index contributed by atoms with van der Waals surface area (Å²) in [6, 6.07) is 16.1. The molecule has 108 valence electrons. The van der Waals surface area contributed by atoms with Gasteiger partial charge < -0.3 is 15.0 Å². The van der Waals surface area contributed by atoms with Crippen molar-refractivity contribution >= 4 is 12.2 Å². The standard InChI is InChI=1S/C5H5NO.C5H5NS.C5H4N.W/c2*7-5-3-1-2-4-6-5;1-2-4-6-5-3-1;/h2*1-4H,(H,6,7);1-4H;/q;;-1;. The first-order valence-electron chi connectivity index (χ1n) is 5.83. The van der Waals surface area contributed by atoms with Crippen molar-refractivity contribution in [2.45, 2.75) is 0 Å². The number of H-pyrrole nitrogens is 2. The van der Waals surface area contributed by atoms with Gasteiger partial charge in [0.1, 0.15) is 4.64 Å². The summed E-state index contributed by atoms with van der Waals surface area (Å²) in [6.45, 7) is 0. The summed E-state index contributed by atoms with van der Waals surface area (Å²) in [5.74, 6) is 0. The molecule has 0 atom stereocenters. The fourth-order valence-electron chi connectivity index (χ4n) is 1.03. The van der Waals surface area contributed by atoms with Crippen LogP contribution in [0.1, 0.15) is 0 Å². The molecular formula is C15H14N3OSW-. The van der Waals surface area contributed by atoms with Crippen LogP contribution in [0.4, 0.5) is 0 Å². The second-order valence-electron chi connectivity index (χ2n) is 3.41. The van der Waals surface area contributed by atoms with Gasteiger partial charge in [0.05, 0.1) is 0 Å². The third kappa shape index (κ3) is 11.7. The third-order valence-corrected chi connectivity index (χ3v) is 2.13. The van der Waals surface area contributed by atoms with Gasteiger partial charge in [0, 0.05) is 39.5 Å². The molecule has 3 rings (SSSR count). The van der Waals surface area contributed by atoms with Crippen molar-refractivity contribution in [3.63, 3.8) is 0 Å². The molecule has 0 aromatic carbocycles. The second-order valence-corrected chi connectivity index (χ2v) is 3.85. The van der Waals surface area contributed by atoms with Crippen LogP contribution in [-0.4, -0.2) is 15.0 Å². The van der Waals surface area contributed by atoms with Gasteiger partial charge in [-0.1, -0.05) is 36.7 Å². The average Bonchev–Trinajstić information content (AvgIpc) is 2.52. The van der Waals surface area contributed by atoms with E-state index in [4.69, 9.17) is 12.2 Å². The fourth-order valence-corrected chi connectivity index (χ4v) is 1.18. The van der Waals surface area contributed by atoms with Crippen LogP contribution in [0.5, 0.6) is 0 Å². The zero-order chi connectivity index (χ0) is 14.5. The van der Waals surface area contributed by atoms with Crippen LogP contribution in [0.15, 0.2) is 78.0 Å². The topological polar surface area (TPSA) is 61.5 Å². The van der Waals surface area contributed by atoms with E-state index >= 15 is 0 Å². The van der Waals surface area contributed by atoms with Crippen molar-refractivity contribution < 1.29 is 21.1 Å². The number of hydrogen-bond donors (Lipinski definition) is 2. The van der Waals surface area contributed by atoms with E-state index in [0.717, 1.165) is 4.64 Å². The summed E-state index contributed by atoms with van der Waals surface area (Å²) in [5, 5.41) is 0. The van der Waals surface area contributed by atoms with Gasteiger partial charge >= 0.3 is 0 Å². The van der Waals surface area contributed by atoms with Crippen molar-refractivity contribution in [1.29, 1.82) is 0 Å². The maximum Gasteiger partial charge on any atom is 0.247 e. The van der Waals surface area contributed by atoms with Gasteiger partial charge in [0.2, 0.25) is 5.56 Å². The Hall–Kier alpha value is -1.84. The van der Waals surface area contributed by atoms with Crippen LogP contribution in [-0.2, 0) is 21.1 Å². The average molecular weight is 468 g/mol. The van der Waals surface area contributed by atoms with Crippen LogP contribution >= 0.6 is 12.2 Å². The van der Waals surface area contributed by atoms with E-state index in [-0.39, 0.29) is 26.6 Å². The zero-order valence-electron chi connectivity index (χ0n) is 11.1. The Bertz CT molecular complexity index is 579. The fraction of sp³-hybridized carbons (Fsp3) is 0. The van der Waals surface area contributed by atoms with E-state index in [2.05, 4.69) is 21.1 Å². The number of nitrogens with one attached hydrogen (secondary N) is 2. The van der Waals surface area contributed by atoms with E-state index in [9.17, 15) is 4.79 Å². The molecular weight excluding hydrogens is 454 g/mol. The minimum absolute atomic E-state index is 0. The molecule has 0 spiro atoms. The summed E-state index contributed by atoms with van der Waals surface area (Å²) in [7, 11) is 0. The summed E-state index contributed by atoms with van der Waals surface area (Å²) in [6.07, 6.45) is 7.74. The molecule has 3 aromatic rings. The van der Waals surface area contributed by atoms with E-state index in [0.29, 0.717) is 0 Å². The first kappa shape index (κ1) is 19.2. The molecule has 0 aliphatic carbocycles. The number of pyridine rings is 3. The van der Waals surface area contributed by atoms with Gasteiger partial charge in [-0.05, 0) is 18.2 Å². The Kier molecular flexibility index (Phi) is 12.0. The summed E-state index contributed by atoms with van der Waals surface area (Å²) in [4.78, 5) is 19.2. The van der Waals surface area contributed by atoms with Gasteiger partial charge in [-0.2, -0.15) is 18.2 Å². The maximum absolute atomic E-state index is 10.2. The van der Waals surface area contributed by atoms with Crippen LogP contribution in [0.3, 0.4) is 0 Å². The second kappa shape index (κ2) is 13.2. The first-order valence-corrected chi connectivity index (χ1v) is 6.24. The Morgan fingerprint density at radius 2 is 1.67 bits per heavy atom. The van der Waals surface area contributed by atoms with Crippen molar-refractivity contribution in [1.82, 2.24) is 15.0 Å². The van der Waals surface area contributed by atoms with E-state index in [1.807, 2.05) is 36.5 Å². The SMILES string of the molecule is O=c1cccc[nH]1.S=c1cccc[nH]1.[W].[c-]1ccccn1. The van der Waals surface area contributed by atoms with Crippen LogP contribution in [0, 0.1) is 10.8 Å². The largest absolute Gasteiger partial charge is 0.394 e. The molecule has 6 heteroatoms. The van der Waals surface area contributed by atoms with Gasteiger partial charge in [-0.25, -0.2) is 0 Å². The predicted octanol–water partition coefficient (Wildman–Crippen LogP) is 3.00. The van der Waals surface area contributed by atoms with E-state index < -0.39 is 0 Å². The molecule has 4 nitrogen and oxygen atoms in total. The minimum Gasteiger partial charge on any atom is -0.394 e. The number of aromatic amines is 2. The summed E-state index contributed by atoms with van der Waals surface area (Å²) >= 11 is 4.76. The molecule has 0 radical (unpaired) electrons. The number of hydrogen-bond acceptors (Lipinski definition) is 3. The van der Waals surface area contributed by atoms with E-state index in [1.165, 1.54) is 6.07 Å². The molecule has 3 aromatic heterocycles. The Morgan fingerprint density at radius 3 is 1.86 bits per heavy atom. The Morgan fingerprint density at radius 1 is 0.952 bits per heavy atom. The molecule has 0 saturated heterocycles. The third-order valence-electron chi connectivity index (χ3n) is 1.88. The molecule has 2 N–H and O–H groups in total. The van der Waals surface area contributed by atoms with Crippen LogP contribution in [0.2, 0.25) is 0 Å². The first-order chi connectivity index (χ1) is 9.79. The summed E-state index contributed by atoms with van der Waals surface area (Å²) < 4.78 is 0.780. The Labute approximate surface area is 142 Å². The minimum atomic E-state index is -0.0532. The summed E-state index contributed by atoms with van der Waals surface area (Å²) in [5.41, 5.74) is -0.0532. The predicted molar refractivity (Wildman–Crippen MR) is 81.8 cm³/mol. The smallest absolute Gasteiger partial charge is 0.247 e. The van der Waals surface area contributed by atoms with Crippen molar-refractivity contribution in [2.24, 2.45) is 0 Å². The molecule has 3 heterocycles. The number of rotatable bonds is 0. The molecule has 0 aliphatic heterocycles. The van der Waals surface area contributed by atoms with Crippen LogP contribution in [0.25, 0.3) is 0 Å². The number of aromatic nitrogens is 3. The normalized spacial score (nSPS) is 8.00. The monoisotopic (exact) mass is 468 g/mol. The van der Waals surface area contributed by atoms with Gasteiger partial charge in [0.25, 0.3) is 0 Å². The van der Waals surface area contributed by atoms with Gasteiger partial charge in [0.15, 0.2) is 0 Å². The molecule has 0 unspecified atom stereocenters. The molecule has 0 aliphatic rings. The zero-order valence-corrected chi connectivity index (χ0v) is 14.9. The van der Waals surface area contributed by atoms with Crippen molar-refractivity contribution in [3.05, 3.63) is 94.4 Å². The van der Waals surface area contributed by atoms with E-state index in [1.54, 1.807) is 30.6 Å². The molecule has 0 bridgehead atoms. The molecule has 0 fully saturated rings.